The van der Waals surface area contributed by atoms with Crippen molar-refractivity contribution in [2.24, 2.45) is 5.92 Å². The van der Waals surface area contributed by atoms with Crippen LogP contribution in [0.4, 0.5) is 0 Å². The molecule has 6 rings (SSSR count). The zero-order valence-electron chi connectivity index (χ0n) is 42.9. The van der Waals surface area contributed by atoms with Gasteiger partial charge in [0.15, 0.2) is 31.5 Å². The van der Waals surface area contributed by atoms with E-state index < -0.39 is 241 Å². The van der Waals surface area contributed by atoms with Gasteiger partial charge in [0.25, 0.3) is 6.47 Å². The smallest absolute Gasteiger partial charge is 0.332 e. The quantitative estimate of drug-likeness (QED) is 0.0353. The molecule has 0 saturated carbocycles. The lowest BCUT2D eigenvalue weighted by atomic mass is 9.90. The van der Waals surface area contributed by atoms with Crippen molar-refractivity contribution in [1.29, 1.82) is 0 Å². The fourth-order valence-corrected chi connectivity index (χ4v) is 10.1. The van der Waals surface area contributed by atoms with Crippen molar-refractivity contribution in [3.05, 3.63) is 0 Å². The summed E-state index contributed by atoms with van der Waals surface area (Å²) in [6, 6.07) is -1.63. The second-order valence-corrected chi connectivity index (χ2v) is 20.3. The van der Waals surface area contributed by atoms with Crippen LogP contribution in [-0.4, -0.2) is 322 Å². The van der Waals surface area contributed by atoms with Crippen molar-refractivity contribution in [3.63, 3.8) is 0 Å². The molecule has 0 aromatic heterocycles. The Morgan fingerprint density at radius 3 is 1.69 bits per heavy atom. The summed E-state index contributed by atoms with van der Waals surface area (Å²) < 4.78 is 76.4. The van der Waals surface area contributed by atoms with E-state index in [1.807, 2.05) is 0 Å². The predicted molar refractivity (Wildman–Crippen MR) is 243 cm³/mol. The van der Waals surface area contributed by atoms with Gasteiger partial charge in [0.1, 0.15) is 122 Å². The monoisotopic (exact) mass is 1140 g/mol. The van der Waals surface area contributed by atoms with Crippen molar-refractivity contribution in [2.45, 2.75) is 231 Å². The van der Waals surface area contributed by atoms with Crippen LogP contribution < -0.4 is 5.32 Å². The number of ether oxygens (including phenoxy) is 13. The van der Waals surface area contributed by atoms with E-state index in [2.05, 4.69) is 5.32 Å². The minimum absolute atomic E-state index is 0.259. The van der Waals surface area contributed by atoms with Gasteiger partial charge >= 0.3 is 5.97 Å². The van der Waals surface area contributed by atoms with Crippen molar-refractivity contribution in [2.75, 3.05) is 33.0 Å². The van der Waals surface area contributed by atoms with Crippen LogP contribution in [0.15, 0.2) is 0 Å². The normalized spacial score (nSPS) is 48.2. The lowest BCUT2D eigenvalue weighted by molar-refractivity contribution is -0.453. The molecule has 6 heterocycles. The summed E-state index contributed by atoms with van der Waals surface area (Å²) in [5.74, 6) is -5.20. The summed E-state index contributed by atoms with van der Waals surface area (Å²) in [4.78, 5) is 24.7. The number of rotatable bonds is 22. The van der Waals surface area contributed by atoms with Crippen molar-refractivity contribution >= 4 is 12.4 Å². The molecule has 0 aliphatic carbocycles. The third-order valence-corrected chi connectivity index (χ3v) is 14.3. The van der Waals surface area contributed by atoms with Gasteiger partial charge in [-0.05, 0) is 20.8 Å². The summed E-state index contributed by atoms with van der Waals surface area (Å²) >= 11 is 0. The highest BCUT2D eigenvalue weighted by atomic mass is 16.9. The van der Waals surface area contributed by atoms with E-state index in [0.717, 1.165) is 6.92 Å². The maximum Gasteiger partial charge on any atom is 0.332 e. The number of hydrogen-bond donors (Lipinski definition) is 18. The average molecular weight is 1140 g/mol. The Hall–Kier alpha value is -2.22. The molecule has 0 aromatic rings. The summed E-state index contributed by atoms with van der Waals surface area (Å²) in [6.07, 6.45) is -53.9. The van der Waals surface area contributed by atoms with Gasteiger partial charge in [-0.15, -0.1) is 0 Å². The molecule has 11 unspecified atom stereocenters. The van der Waals surface area contributed by atoms with Crippen LogP contribution in [-0.2, 0) is 71.2 Å². The van der Waals surface area contributed by atoms with Gasteiger partial charge in [-0.3, -0.25) is 9.59 Å². The summed E-state index contributed by atoms with van der Waals surface area (Å²) in [6.45, 7) is 1.52. The van der Waals surface area contributed by atoms with Gasteiger partial charge < -0.3 is 154 Å². The molecule has 0 spiro atoms. The van der Waals surface area contributed by atoms with E-state index in [1.54, 1.807) is 13.8 Å². The highest BCUT2D eigenvalue weighted by Crippen LogP contribution is 2.42. The Labute approximate surface area is 445 Å². The molecule has 454 valence electrons. The Morgan fingerprint density at radius 2 is 1.10 bits per heavy atom. The largest absolute Gasteiger partial charge is 0.410 e. The minimum atomic E-state index is -3.02. The van der Waals surface area contributed by atoms with E-state index in [-0.39, 0.29) is 6.47 Å². The standard InChI is InChI=1S/C45H77NO32/c1-13(2)67-41-32(64)30(62)35(21(10-50)71-41)74-43-33(65)38(78-45(66-12-52)6-17(54)23(46-16(5)53)37(77-45)25(57)18(55)7-47)36(22(11-51)72-43)75-40-14(3)34(27(59)20(9-49)69-40)73-44-39(29(61)26(58)19(8-48)70-44)76-42-31(63)28(60)24(56)15(4)68-42/h12-15,17-44,47-51,54-65H,6-11H2,1-5H3,(H,46,53)/t14?,15?,17-,18-,19?,20?,21?,22?,23-,24-,25-,26+,27+,28+,29+,30-,31?,32?,33?,34-,35-,36+,37?,38-,39?,40-,41-,42+,43+,44+,45+/m1/s1. The number of amides is 1. The third kappa shape index (κ3) is 14.0. The number of nitrogens with one attached hydrogen (secondary N) is 1. The SMILES string of the molecule is CC(=O)N[C@H]1C([C@H](O)[C@H](O)CO)O[C@](OC=O)(O[C@@H]2C(O)[C@H](O[C@@H]3C(CO)O[C@@H](OC(C)C)C(O)[C@H]3O)OC(CO)[C@@H]2O[C@H]2OC(CO)[C@H](O)[C@H](O[C@@H]3OC(CO)[C@H](O)[C@H](O)C3O[C@@H]3OC(C)[C@@H](O)[C@H](O)C3O)C2C)C[C@H]1O. The van der Waals surface area contributed by atoms with Crippen LogP contribution in [0.25, 0.3) is 0 Å². The summed E-state index contributed by atoms with van der Waals surface area (Å²) in [5.41, 5.74) is 0. The van der Waals surface area contributed by atoms with E-state index in [9.17, 15) is 96.4 Å². The molecule has 6 saturated heterocycles. The predicted octanol–water partition coefficient (Wildman–Crippen LogP) is -11.0. The molecule has 18 N–H and O–H groups in total. The van der Waals surface area contributed by atoms with Crippen LogP contribution in [0.1, 0.15) is 41.0 Å². The van der Waals surface area contributed by atoms with Crippen LogP contribution >= 0.6 is 0 Å². The number of hydrogen-bond acceptors (Lipinski definition) is 32. The van der Waals surface area contributed by atoms with Crippen molar-refractivity contribution in [1.82, 2.24) is 5.32 Å². The van der Waals surface area contributed by atoms with E-state index in [4.69, 9.17) is 61.6 Å². The number of aliphatic hydroxyl groups excluding tert-OH is 17. The maximum atomic E-state index is 12.4. The molecule has 33 heteroatoms. The third-order valence-electron chi connectivity index (χ3n) is 14.3. The average Bonchev–Trinajstić information content (AvgIpc) is 3.42. The molecule has 6 aliphatic heterocycles. The molecular formula is C45H77NO32. The fourth-order valence-electron chi connectivity index (χ4n) is 10.1. The van der Waals surface area contributed by atoms with Gasteiger partial charge in [0, 0.05) is 12.8 Å². The Kier molecular flexibility index (Phi) is 23.2. The Bertz CT molecular complexity index is 1870. The Morgan fingerprint density at radius 1 is 0.590 bits per heavy atom. The maximum absolute atomic E-state index is 12.4. The first-order chi connectivity index (χ1) is 36.8. The van der Waals surface area contributed by atoms with Gasteiger partial charge in [-0.2, -0.15) is 0 Å². The zero-order chi connectivity index (χ0) is 57.8. The van der Waals surface area contributed by atoms with Crippen molar-refractivity contribution < 1.29 is 158 Å². The zero-order valence-corrected chi connectivity index (χ0v) is 42.9. The van der Waals surface area contributed by atoms with Gasteiger partial charge in [-0.25, -0.2) is 0 Å². The second-order valence-electron chi connectivity index (χ2n) is 20.3. The van der Waals surface area contributed by atoms with E-state index in [1.165, 1.54) is 13.8 Å². The molecule has 6 fully saturated rings. The number of carbonyl (C=O) groups is 2. The first kappa shape index (κ1) is 64.9. The van der Waals surface area contributed by atoms with Gasteiger partial charge in [0.05, 0.1) is 69.9 Å². The van der Waals surface area contributed by atoms with Crippen LogP contribution in [0.5, 0.6) is 0 Å². The number of aliphatic hydroxyl groups is 17. The lowest BCUT2D eigenvalue weighted by Crippen LogP contribution is -2.70. The summed E-state index contributed by atoms with van der Waals surface area (Å²) in [5, 5.41) is 187. The highest BCUT2D eigenvalue weighted by Gasteiger charge is 2.61. The lowest BCUT2D eigenvalue weighted by Gasteiger charge is -2.52. The fraction of sp³-hybridized carbons (Fsp3) is 0.956. The Balaban J connectivity index is 1.38. The molecule has 0 radical (unpaired) electrons. The second kappa shape index (κ2) is 27.9. The molecule has 6 aliphatic rings. The van der Waals surface area contributed by atoms with E-state index >= 15 is 0 Å². The molecule has 31 atom stereocenters. The summed E-state index contributed by atoms with van der Waals surface area (Å²) in [7, 11) is 0. The van der Waals surface area contributed by atoms with Gasteiger partial charge in [0.2, 0.25) is 5.91 Å². The first-order valence-electron chi connectivity index (χ1n) is 25.3. The molecule has 0 aromatic carbocycles. The van der Waals surface area contributed by atoms with Gasteiger partial charge in [-0.1, -0.05) is 6.92 Å². The molecule has 33 nitrogen and oxygen atoms in total. The molecular weight excluding hydrogens is 1070 g/mol. The number of carbonyl (C=O) groups excluding carboxylic acids is 2. The molecule has 1 amide bonds. The molecule has 78 heavy (non-hydrogen) atoms. The van der Waals surface area contributed by atoms with Crippen LogP contribution in [0.3, 0.4) is 0 Å². The van der Waals surface area contributed by atoms with E-state index in [0.29, 0.717) is 0 Å². The minimum Gasteiger partial charge on any atom is -0.410 e. The topological polar surface area (TPSA) is 510 Å². The van der Waals surface area contributed by atoms with Crippen LogP contribution in [0, 0.1) is 5.92 Å². The first-order valence-corrected chi connectivity index (χ1v) is 25.3. The highest BCUT2D eigenvalue weighted by molar-refractivity contribution is 5.73. The van der Waals surface area contributed by atoms with Crippen LogP contribution in [0.2, 0.25) is 0 Å². The molecule has 0 bridgehead atoms. The van der Waals surface area contributed by atoms with Crippen molar-refractivity contribution in [3.8, 4) is 0 Å².